The zero-order valence-corrected chi connectivity index (χ0v) is 8.59. The van der Waals surface area contributed by atoms with E-state index < -0.39 is 0 Å². The molecule has 1 N–H and O–H groups in total. The molecule has 82 valence electrons. The van der Waals surface area contributed by atoms with Crippen molar-refractivity contribution in [3.05, 3.63) is 39.9 Å². The molecule has 0 aliphatic carbocycles. The molecule has 0 aliphatic heterocycles. The molecule has 1 rings (SSSR count). The molecule has 0 saturated carbocycles. The number of rotatable bonds is 5. The van der Waals surface area contributed by atoms with Crippen molar-refractivity contribution in [3.8, 4) is 0 Å². The molecule has 15 heavy (non-hydrogen) atoms. The van der Waals surface area contributed by atoms with Crippen molar-refractivity contribution in [3.63, 3.8) is 0 Å². The highest BCUT2D eigenvalue weighted by Crippen LogP contribution is 2.18. The quantitative estimate of drug-likeness (QED) is 0.582. The van der Waals surface area contributed by atoms with Gasteiger partial charge in [0.2, 0.25) is 0 Å². The van der Waals surface area contributed by atoms with Gasteiger partial charge in [-0.3, -0.25) is 15.0 Å². The van der Waals surface area contributed by atoms with Gasteiger partial charge in [0.15, 0.2) is 0 Å². The van der Waals surface area contributed by atoms with E-state index in [2.05, 4.69) is 0 Å². The molecule has 0 unspecified atom stereocenters. The Labute approximate surface area is 88.1 Å². The zero-order chi connectivity index (χ0) is 11.3. The molecule has 0 amide bonds. The second-order valence-electron chi connectivity index (χ2n) is 3.35. The molecule has 5 heteroatoms. The van der Waals surface area contributed by atoms with E-state index in [0.29, 0.717) is 18.7 Å². The van der Waals surface area contributed by atoms with Crippen LogP contribution >= 0.6 is 0 Å². The van der Waals surface area contributed by atoms with E-state index in [1.807, 2.05) is 11.9 Å². The van der Waals surface area contributed by atoms with Gasteiger partial charge in [-0.1, -0.05) is 18.2 Å². The van der Waals surface area contributed by atoms with E-state index in [-0.39, 0.29) is 17.2 Å². The predicted octanol–water partition coefficient (Wildman–Crippen LogP) is 1.02. The molecule has 0 spiro atoms. The fraction of sp³-hybridized carbons (Fsp3) is 0.400. The summed E-state index contributed by atoms with van der Waals surface area (Å²) < 4.78 is 0. The summed E-state index contributed by atoms with van der Waals surface area (Å²) in [6.07, 6.45) is 0. The number of hydrogen-bond acceptors (Lipinski definition) is 4. The van der Waals surface area contributed by atoms with Crippen molar-refractivity contribution in [1.82, 2.24) is 4.90 Å². The number of nitro groups is 1. The normalized spacial score (nSPS) is 10.6. The van der Waals surface area contributed by atoms with E-state index in [4.69, 9.17) is 5.11 Å². The van der Waals surface area contributed by atoms with Gasteiger partial charge in [0.25, 0.3) is 5.69 Å². The molecule has 1 aromatic rings. The Balaban J connectivity index is 2.79. The molecular formula is C10H14N2O3. The van der Waals surface area contributed by atoms with Crippen LogP contribution in [0.4, 0.5) is 5.69 Å². The first-order valence-corrected chi connectivity index (χ1v) is 4.67. The molecule has 0 heterocycles. The molecule has 1 aromatic carbocycles. The number of hydrogen-bond donors (Lipinski definition) is 1. The lowest BCUT2D eigenvalue weighted by Crippen LogP contribution is -2.21. The van der Waals surface area contributed by atoms with Gasteiger partial charge in [-0.15, -0.1) is 0 Å². The third kappa shape index (κ3) is 3.30. The van der Waals surface area contributed by atoms with Crippen LogP contribution in [0.1, 0.15) is 5.56 Å². The summed E-state index contributed by atoms with van der Waals surface area (Å²) in [6, 6.07) is 6.64. The maximum absolute atomic E-state index is 10.7. The van der Waals surface area contributed by atoms with Gasteiger partial charge < -0.3 is 5.11 Å². The number of aliphatic hydroxyl groups is 1. The van der Waals surface area contributed by atoms with Crippen LogP contribution in [-0.4, -0.2) is 35.1 Å². The second kappa shape index (κ2) is 5.43. The lowest BCUT2D eigenvalue weighted by molar-refractivity contribution is -0.385. The van der Waals surface area contributed by atoms with Gasteiger partial charge in [-0.25, -0.2) is 0 Å². The lowest BCUT2D eigenvalue weighted by atomic mass is 10.1. The van der Waals surface area contributed by atoms with Crippen molar-refractivity contribution >= 4 is 5.69 Å². The summed E-state index contributed by atoms with van der Waals surface area (Å²) in [5.41, 5.74) is 0.792. The molecule has 5 nitrogen and oxygen atoms in total. The number of nitrogens with zero attached hydrogens (tertiary/aromatic N) is 2. The van der Waals surface area contributed by atoms with Crippen molar-refractivity contribution in [2.75, 3.05) is 20.2 Å². The van der Waals surface area contributed by atoms with Crippen LogP contribution in [-0.2, 0) is 6.54 Å². The van der Waals surface area contributed by atoms with E-state index in [1.165, 1.54) is 6.07 Å². The van der Waals surface area contributed by atoms with Crippen LogP contribution in [0.3, 0.4) is 0 Å². The standard InChI is InChI=1S/C10H14N2O3/c1-11(6-7-13)8-9-4-2-3-5-10(9)12(14)15/h2-5,13H,6-8H2,1H3. The summed E-state index contributed by atoms with van der Waals surface area (Å²) in [6.45, 7) is 1.03. The predicted molar refractivity (Wildman–Crippen MR) is 56.5 cm³/mol. The molecule has 0 aliphatic rings. The van der Waals surface area contributed by atoms with Crippen molar-refractivity contribution in [2.45, 2.75) is 6.54 Å². The van der Waals surface area contributed by atoms with Crippen molar-refractivity contribution in [1.29, 1.82) is 0 Å². The molecule has 0 atom stereocenters. The number of aliphatic hydroxyl groups excluding tert-OH is 1. The van der Waals surface area contributed by atoms with Crippen molar-refractivity contribution < 1.29 is 10.0 Å². The Kier molecular flexibility index (Phi) is 4.20. The largest absolute Gasteiger partial charge is 0.395 e. The minimum Gasteiger partial charge on any atom is -0.395 e. The van der Waals surface area contributed by atoms with E-state index in [1.54, 1.807) is 18.2 Å². The van der Waals surface area contributed by atoms with Gasteiger partial charge >= 0.3 is 0 Å². The summed E-state index contributed by atoms with van der Waals surface area (Å²) in [7, 11) is 1.81. The maximum atomic E-state index is 10.7. The average Bonchev–Trinajstić information content (AvgIpc) is 2.18. The minimum absolute atomic E-state index is 0.0527. The van der Waals surface area contributed by atoms with Crippen LogP contribution < -0.4 is 0 Å². The molecule has 0 fully saturated rings. The first kappa shape index (κ1) is 11.6. The number of likely N-dealkylation sites (N-methyl/N-ethyl adjacent to an activating group) is 1. The fourth-order valence-corrected chi connectivity index (χ4v) is 1.36. The molecular weight excluding hydrogens is 196 g/mol. The summed E-state index contributed by atoms with van der Waals surface area (Å²) in [4.78, 5) is 12.1. The lowest BCUT2D eigenvalue weighted by Gasteiger charge is -2.14. The highest BCUT2D eigenvalue weighted by molar-refractivity contribution is 5.39. The van der Waals surface area contributed by atoms with E-state index >= 15 is 0 Å². The zero-order valence-electron chi connectivity index (χ0n) is 8.59. The maximum Gasteiger partial charge on any atom is 0.273 e. The first-order chi connectivity index (χ1) is 7.15. The number of benzene rings is 1. The molecule has 0 bridgehead atoms. The summed E-state index contributed by atoms with van der Waals surface area (Å²) in [5, 5.41) is 19.4. The van der Waals surface area contributed by atoms with Gasteiger partial charge in [0.1, 0.15) is 0 Å². The number of nitro benzene ring substituents is 1. The minimum atomic E-state index is -0.387. The number of para-hydroxylation sites is 1. The van der Waals surface area contributed by atoms with Crippen LogP contribution in [0.15, 0.2) is 24.3 Å². The topological polar surface area (TPSA) is 66.6 Å². The van der Waals surface area contributed by atoms with Crippen LogP contribution in [0.2, 0.25) is 0 Å². The first-order valence-electron chi connectivity index (χ1n) is 4.67. The van der Waals surface area contributed by atoms with E-state index in [9.17, 15) is 10.1 Å². The van der Waals surface area contributed by atoms with E-state index in [0.717, 1.165) is 0 Å². The van der Waals surface area contributed by atoms with Gasteiger partial charge in [-0.05, 0) is 7.05 Å². The second-order valence-corrected chi connectivity index (χ2v) is 3.35. The average molecular weight is 210 g/mol. The highest BCUT2D eigenvalue weighted by atomic mass is 16.6. The van der Waals surface area contributed by atoms with Crippen LogP contribution in [0.25, 0.3) is 0 Å². The van der Waals surface area contributed by atoms with Gasteiger partial charge in [-0.2, -0.15) is 0 Å². The summed E-state index contributed by atoms with van der Waals surface area (Å²) >= 11 is 0. The van der Waals surface area contributed by atoms with Crippen LogP contribution in [0, 0.1) is 10.1 Å². The third-order valence-electron chi connectivity index (χ3n) is 2.11. The molecule has 0 saturated heterocycles. The smallest absolute Gasteiger partial charge is 0.273 e. The summed E-state index contributed by atoms with van der Waals surface area (Å²) in [5.74, 6) is 0. The van der Waals surface area contributed by atoms with Crippen LogP contribution in [0.5, 0.6) is 0 Å². The Morgan fingerprint density at radius 1 is 1.47 bits per heavy atom. The third-order valence-corrected chi connectivity index (χ3v) is 2.11. The SMILES string of the molecule is CN(CCO)Cc1ccccc1[N+](=O)[O-]. The highest BCUT2D eigenvalue weighted by Gasteiger charge is 2.13. The van der Waals surface area contributed by atoms with Crippen molar-refractivity contribution in [2.24, 2.45) is 0 Å². The fourth-order valence-electron chi connectivity index (χ4n) is 1.36. The molecule has 0 aromatic heterocycles. The molecule has 0 radical (unpaired) electrons. The Hall–Kier alpha value is -1.46. The Morgan fingerprint density at radius 3 is 2.73 bits per heavy atom. The Bertz CT molecular complexity index is 341. The monoisotopic (exact) mass is 210 g/mol. The van der Waals surface area contributed by atoms with Gasteiger partial charge in [0.05, 0.1) is 11.5 Å². The Morgan fingerprint density at radius 2 is 2.13 bits per heavy atom. The van der Waals surface area contributed by atoms with Gasteiger partial charge in [0, 0.05) is 24.7 Å².